The Morgan fingerprint density at radius 2 is 1.94 bits per heavy atom. The summed E-state index contributed by atoms with van der Waals surface area (Å²) in [5.74, 6) is -1.14. The number of thiol groups is 1. The van der Waals surface area contributed by atoms with Crippen LogP contribution in [-0.2, 0) is 9.59 Å². The van der Waals surface area contributed by atoms with Gasteiger partial charge in [0.15, 0.2) is 0 Å². The number of carbonyl (C=O) groups excluding carboxylic acids is 1. The molecule has 1 N–H and O–H groups in total. The zero-order chi connectivity index (χ0) is 12.8. The third-order valence-electron chi connectivity index (χ3n) is 2.44. The van der Waals surface area contributed by atoms with Crippen LogP contribution >= 0.6 is 12.6 Å². The van der Waals surface area contributed by atoms with Crippen molar-refractivity contribution < 1.29 is 19.4 Å². The first-order valence-electron chi connectivity index (χ1n) is 5.07. The van der Waals surface area contributed by atoms with Crippen molar-refractivity contribution in [2.45, 2.75) is 12.3 Å². The molecule has 92 valence electrons. The average molecular weight is 254 g/mol. The average Bonchev–Trinajstić information content (AvgIpc) is 2.35. The van der Waals surface area contributed by atoms with Crippen molar-refractivity contribution in [2.24, 2.45) is 0 Å². The second-order valence-corrected chi connectivity index (χ2v) is 3.86. The zero-order valence-electron chi connectivity index (χ0n) is 9.42. The number of ether oxygens (including phenoxy) is 1. The minimum atomic E-state index is -0.999. The van der Waals surface area contributed by atoms with Crippen LogP contribution in [0.25, 0.3) is 0 Å². The van der Waals surface area contributed by atoms with Gasteiger partial charge in [0.25, 0.3) is 0 Å². The van der Waals surface area contributed by atoms with E-state index in [0.717, 1.165) is 0 Å². The number of hydrogen-bond donors (Lipinski definition) is 2. The van der Waals surface area contributed by atoms with E-state index in [1.807, 2.05) is 0 Å². The molecule has 0 spiro atoms. The molecule has 0 aliphatic rings. The summed E-state index contributed by atoms with van der Waals surface area (Å²) >= 11 is 3.90. The van der Waals surface area contributed by atoms with Gasteiger partial charge in [0.05, 0.1) is 19.4 Å². The summed E-state index contributed by atoms with van der Waals surface area (Å²) in [5.41, 5.74) is 0.673. The van der Waals surface area contributed by atoms with E-state index >= 15 is 0 Å². The van der Waals surface area contributed by atoms with Gasteiger partial charge in [-0.1, -0.05) is 12.1 Å². The van der Waals surface area contributed by atoms with E-state index in [2.05, 4.69) is 12.6 Å². The number of rotatable bonds is 6. The van der Waals surface area contributed by atoms with E-state index in [-0.39, 0.29) is 18.0 Å². The van der Waals surface area contributed by atoms with Gasteiger partial charge >= 0.3 is 5.97 Å². The molecule has 0 bridgehead atoms. The van der Waals surface area contributed by atoms with Gasteiger partial charge in [-0.05, 0) is 17.7 Å². The molecule has 1 atom stereocenters. The van der Waals surface area contributed by atoms with Crippen LogP contribution in [0.1, 0.15) is 17.9 Å². The lowest BCUT2D eigenvalue weighted by molar-refractivity contribution is -0.139. The van der Waals surface area contributed by atoms with Gasteiger partial charge in [-0.15, -0.1) is 0 Å². The highest BCUT2D eigenvalue weighted by Gasteiger charge is 2.22. The summed E-state index contributed by atoms with van der Waals surface area (Å²) in [5, 5.41) is 8.79. The molecule has 5 heteroatoms. The van der Waals surface area contributed by atoms with E-state index in [1.54, 1.807) is 31.4 Å². The van der Waals surface area contributed by atoms with Crippen LogP contribution in [0, 0.1) is 0 Å². The van der Waals surface area contributed by atoms with Crippen molar-refractivity contribution in [3.63, 3.8) is 0 Å². The summed E-state index contributed by atoms with van der Waals surface area (Å²) in [4.78, 5) is 22.4. The van der Waals surface area contributed by atoms with Gasteiger partial charge in [0, 0.05) is 5.75 Å². The molecule has 1 aromatic carbocycles. The zero-order valence-corrected chi connectivity index (χ0v) is 10.3. The predicted molar refractivity (Wildman–Crippen MR) is 66.8 cm³/mol. The van der Waals surface area contributed by atoms with Gasteiger partial charge in [-0.2, -0.15) is 12.6 Å². The highest BCUT2D eigenvalue weighted by molar-refractivity contribution is 7.81. The molecule has 0 saturated carbocycles. The van der Waals surface area contributed by atoms with Gasteiger partial charge in [0.1, 0.15) is 11.5 Å². The monoisotopic (exact) mass is 254 g/mol. The summed E-state index contributed by atoms with van der Waals surface area (Å²) in [7, 11) is 1.54. The molecule has 1 rings (SSSR count). The second-order valence-electron chi connectivity index (χ2n) is 3.55. The fourth-order valence-electron chi connectivity index (χ4n) is 1.54. The molecule has 0 radical (unpaired) electrons. The summed E-state index contributed by atoms with van der Waals surface area (Å²) in [6, 6.07) is 6.81. The number of benzene rings is 1. The van der Waals surface area contributed by atoms with Crippen molar-refractivity contribution in [2.75, 3.05) is 12.9 Å². The Kier molecular flexibility index (Phi) is 5.03. The Morgan fingerprint density at radius 1 is 1.35 bits per heavy atom. The highest BCUT2D eigenvalue weighted by Crippen LogP contribution is 2.23. The van der Waals surface area contributed by atoms with Crippen molar-refractivity contribution >= 4 is 24.4 Å². The first-order valence-corrected chi connectivity index (χ1v) is 5.71. The van der Waals surface area contributed by atoms with Crippen LogP contribution in [0.15, 0.2) is 24.3 Å². The van der Waals surface area contributed by atoms with Gasteiger partial charge in [-0.25, -0.2) is 0 Å². The molecule has 0 aromatic heterocycles. The Morgan fingerprint density at radius 3 is 2.35 bits per heavy atom. The van der Waals surface area contributed by atoms with Crippen LogP contribution in [0.4, 0.5) is 0 Å². The number of carbonyl (C=O) groups is 2. The summed E-state index contributed by atoms with van der Waals surface area (Å²) in [6.45, 7) is 0. The van der Waals surface area contributed by atoms with E-state index in [9.17, 15) is 9.59 Å². The number of hydrogen-bond acceptors (Lipinski definition) is 4. The van der Waals surface area contributed by atoms with Crippen molar-refractivity contribution in [1.29, 1.82) is 0 Å². The first-order chi connectivity index (χ1) is 8.08. The Hall–Kier alpha value is -1.49. The normalized spacial score (nSPS) is 11.9. The van der Waals surface area contributed by atoms with Crippen LogP contribution < -0.4 is 4.74 Å². The van der Waals surface area contributed by atoms with Gasteiger partial charge in [0.2, 0.25) is 0 Å². The number of carboxylic acids is 1. The highest BCUT2D eigenvalue weighted by atomic mass is 32.1. The van der Waals surface area contributed by atoms with Crippen molar-refractivity contribution in [3.8, 4) is 5.75 Å². The fourth-order valence-corrected chi connectivity index (χ4v) is 1.76. The SMILES string of the molecule is COc1ccc(C(CC(=O)O)C(=O)CS)cc1. The molecule has 0 amide bonds. The number of Topliss-reactive ketones (excluding diaryl/α,β-unsaturated/α-hetero) is 1. The van der Waals surface area contributed by atoms with E-state index in [4.69, 9.17) is 9.84 Å². The number of methoxy groups -OCH3 is 1. The lowest BCUT2D eigenvalue weighted by atomic mass is 9.92. The minimum absolute atomic E-state index is 0.0317. The topological polar surface area (TPSA) is 63.6 Å². The Bertz CT molecular complexity index is 399. The smallest absolute Gasteiger partial charge is 0.304 e. The summed E-state index contributed by atoms with van der Waals surface area (Å²) in [6.07, 6.45) is -0.217. The quantitative estimate of drug-likeness (QED) is 0.759. The van der Waals surface area contributed by atoms with Crippen LogP contribution in [0.5, 0.6) is 5.75 Å². The van der Waals surface area contributed by atoms with Crippen molar-refractivity contribution in [1.82, 2.24) is 0 Å². The molecule has 0 saturated heterocycles. The molecule has 0 fully saturated rings. The van der Waals surface area contributed by atoms with Crippen LogP contribution in [0.3, 0.4) is 0 Å². The molecule has 0 heterocycles. The maximum absolute atomic E-state index is 11.6. The minimum Gasteiger partial charge on any atom is -0.497 e. The maximum atomic E-state index is 11.6. The number of carboxylic acid groups (broad SMARTS) is 1. The molecule has 17 heavy (non-hydrogen) atoms. The molecular formula is C12H14O4S. The van der Waals surface area contributed by atoms with E-state index in [1.165, 1.54) is 0 Å². The Labute approximate surface area is 105 Å². The third-order valence-corrected chi connectivity index (χ3v) is 2.75. The Balaban J connectivity index is 2.95. The maximum Gasteiger partial charge on any atom is 0.304 e. The largest absolute Gasteiger partial charge is 0.497 e. The first kappa shape index (κ1) is 13.6. The second kappa shape index (κ2) is 6.30. The van der Waals surface area contributed by atoms with Gasteiger partial charge < -0.3 is 9.84 Å². The molecule has 0 aliphatic carbocycles. The molecule has 4 nitrogen and oxygen atoms in total. The number of ketones is 1. The predicted octanol–water partition coefficient (Wildman–Crippen LogP) is 1.75. The van der Waals surface area contributed by atoms with E-state index < -0.39 is 11.9 Å². The van der Waals surface area contributed by atoms with Crippen LogP contribution in [-0.4, -0.2) is 29.7 Å². The molecular weight excluding hydrogens is 240 g/mol. The van der Waals surface area contributed by atoms with E-state index in [0.29, 0.717) is 11.3 Å². The molecule has 1 aromatic rings. The standard InChI is InChI=1S/C12H14O4S/c1-16-9-4-2-8(3-5-9)10(6-12(14)15)11(13)7-17/h2-5,10,17H,6-7H2,1H3,(H,14,15). The summed E-state index contributed by atoms with van der Waals surface area (Å²) < 4.78 is 5.00. The lowest BCUT2D eigenvalue weighted by Crippen LogP contribution is -2.17. The fraction of sp³-hybridized carbons (Fsp3) is 0.333. The molecule has 1 unspecified atom stereocenters. The molecule has 0 aliphatic heterocycles. The third kappa shape index (κ3) is 3.78. The van der Waals surface area contributed by atoms with Crippen LogP contribution in [0.2, 0.25) is 0 Å². The van der Waals surface area contributed by atoms with Crippen molar-refractivity contribution in [3.05, 3.63) is 29.8 Å². The number of aliphatic carboxylic acids is 1. The lowest BCUT2D eigenvalue weighted by Gasteiger charge is -2.13. The van der Waals surface area contributed by atoms with Gasteiger partial charge in [-0.3, -0.25) is 9.59 Å².